The summed E-state index contributed by atoms with van der Waals surface area (Å²) in [5.41, 5.74) is 3.28. The molecule has 26 heavy (non-hydrogen) atoms. The Kier molecular flexibility index (Phi) is 4.42. The summed E-state index contributed by atoms with van der Waals surface area (Å²) in [6, 6.07) is 8.42. The molecular weight excluding hydrogens is 331 g/mol. The van der Waals surface area contributed by atoms with E-state index in [9.17, 15) is 9.18 Å². The summed E-state index contributed by atoms with van der Waals surface area (Å²) in [4.78, 5) is 24.3. The number of fused-ring (bicyclic) bond motifs is 1. The molecule has 0 radical (unpaired) electrons. The van der Waals surface area contributed by atoms with Crippen molar-refractivity contribution in [1.29, 1.82) is 0 Å². The molecule has 1 fully saturated rings. The zero-order valence-corrected chi connectivity index (χ0v) is 14.7. The van der Waals surface area contributed by atoms with Gasteiger partial charge in [-0.05, 0) is 36.4 Å². The molecule has 1 N–H and O–H groups in total. The number of carbonyl (C=O) groups is 1. The Morgan fingerprint density at radius 3 is 2.77 bits per heavy atom. The molecule has 3 heterocycles. The molecule has 0 unspecified atom stereocenters. The van der Waals surface area contributed by atoms with Gasteiger partial charge in [0, 0.05) is 49.5 Å². The largest absolute Gasteiger partial charge is 0.346 e. The number of hydrogen-bond donors (Lipinski definition) is 1. The molecule has 134 valence electrons. The summed E-state index contributed by atoms with van der Waals surface area (Å²) in [5.74, 6) is -0.141. The summed E-state index contributed by atoms with van der Waals surface area (Å²) >= 11 is 0. The van der Waals surface area contributed by atoms with Crippen LogP contribution in [0.25, 0.3) is 22.2 Å². The predicted molar refractivity (Wildman–Crippen MR) is 99.3 cm³/mol. The van der Waals surface area contributed by atoms with E-state index in [4.69, 9.17) is 0 Å². The van der Waals surface area contributed by atoms with Crippen molar-refractivity contribution in [3.8, 4) is 11.1 Å². The van der Waals surface area contributed by atoms with Crippen molar-refractivity contribution in [2.45, 2.75) is 6.42 Å². The fourth-order valence-corrected chi connectivity index (χ4v) is 3.36. The van der Waals surface area contributed by atoms with Gasteiger partial charge in [0.2, 0.25) is 5.91 Å². The first kappa shape index (κ1) is 16.7. The van der Waals surface area contributed by atoms with E-state index in [1.54, 1.807) is 12.3 Å². The van der Waals surface area contributed by atoms with Crippen LogP contribution in [0, 0.1) is 5.82 Å². The first-order chi connectivity index (χ1) is 12.6. The number of H-pyrrole nitrogens is 1. The Bertz CT molecular complexity index is 944. The molecule has 3 aromatic rings. The molecule has 0 saturated carbocycles. The summed E-state index contributed by atoms with van der Waals surface area (Å²) in [7, 11) is 2.07. The van der Waals surface area contributed by atoms with Gasteiger partial charge in [-0.3, -0.25) is 4.79 Å². The lowest BCUT2D eigenvalue weighted by Gasteiger charge is -2.32. The molecule has 0 spiro atoms. The third-order valence-electron chi connectivity index (χ3n) is 4.97. The van der Waals surface area contributed by atoms with Gasteiger partial charge in [-0.1, -0.05) is 12.1 Å². The topological polar surface area (TPSA) is 52.2 Å². The maximum absolute atomic E-state index is 13.5. The van der Waals surface area contributed by atoms with Gasteiger partial charge >= 0.3 is 0 Å². The molecule has 1 aliphatic rings. The molecule has 1 aromatic carbocycles. The van der Waals surface area contributed by atoms with Gasteiger partial charge < -0.3 is 14.8 Å². The fourth-order valence-electron chi connectivity index (χ4n) is 3.36. The maximum Gasteiger partial charge on any atom is 0.227 e. The quantitative estimate of drug-likeness (QED) is 0.789. The second kappa shape index (κ2) is 6.88. The highest BCUT2D eigenvalue weighted by Crippen LogP contribution is 2.25. The second-order valence-electron chi connectivity index (χ2n) is 6.81. The van der Waals surface area contributed by atoms with Crippen LogP contribution in [0.1, 0.15) is 5.56 Å². The molecule has 0 atom stereocenters. The number of hydrogen-bond acceptors (Lipinski definition) is 3. The zero-order chi connectivity index (χ0) is 18.1. The number of pyridine rings is 1. The Morgan fingerprint density at radius 1 is 1.19 bits per heavy atom. The van der Waals surface area contributed by atoms with Crippen molar-refractivity contribution < 1.29 is 9.18 Å². The summed E-state index contributed by atoms with van der Waals surface area (Å²) in [6.07, 6.45) is 3.92. The number of likely N-dealkylation sites (N-methyl/N-ethyl adjacent to an activating group) is 1. The van der Waals surface area contributed by atoms with E-state index < -0.39 is 0 Å². The van der Waals surface area contributed by atoms with Crippen LogP contribution < -0.4 is 0 Å². The number of aromatic nitrogens is 2. The molecule has 6 heteroatoms. The Labute approximate surface area is 151 Å². The molecule has 4 rings (SSSR count). The van der Waals surface area contributed by atoms with Crippen LogP contribution in [0.5, 0.6) is 0 Å². The van der Waals surface area contributed by atoms with Crippen molar-refractivity contribution in [2.75, 3.05) is 33.2 Å². The Balaban J connectivity index is 1.59. The third-order valence-corrected chi connectivity index (χ3v) is 4.97. The van der Waals surface area contributed by atoms with Gasteiger partial charge in [-0.2, -0.15) is 0 Å². The van der Waals surface area contributed by atoms with Crippen LogP contribution in [-0.2, 0) is 11.2 Å². The van der Waals surface area contributed by atoms with Gasteiger partial charge in [0.25, 0.3) is 0 Å². The van der Waals surface area contributed by atoms with Gasteiger partial charge in [-0.15, -0.1) is 0 Å². The number of piperazine rings is 1. The van der Waals surface area contributed by atoms with Crippen molar-refractivity contribution >= 4 is 16.9 Å². The average molecular weight is 352 g/mol. The summed E-state index contributed by atoms with van der Waals surface area (Å²) in [6.45, 7) is 3.35. The second-order valence-corrected chi connectivity index (χ2v) is 6.81. The van der Waals surface area contributed by atoms with Gasteiger partial charge in [0.1, 0.15) is 11.5 Å². The predicted octanol–water partition coefficient (Wildman–Crippen LogP) is 2.69. The standard InChI is InChI=1S/C20H21FN4O/c1-24-5-7-25(8-6-24)19(26)11-16-13-23-20-18(16)10-15(12-22-20)14-3-2-4-17(21)9-14/h2-4,9-10,12-13H,5-8,11H2,1H3,(H,22,23). The smallest absolute Gasteiger partial charge is 0.227 e. The van der Waals surface area contributed by atoms with Gasteiger partial charge in [0.15, 0.2) is 0 Å². The molecular formula is C20H21FN4O. The van der Waals surface area contributed by atoms with Gasteiger partial charge in [0.05, 0.1) is 6.42 Å². The van der Waals surface area contributed by atoms with Crippen LogP contribution in [0.15, 0.2) is 42.7 Å². The van der Waals surface area contributed by atoms with Crippen LogP contribution in [0.2, 0.25) is 0 Å². The van der Waals surface area contributed by atoms with E-state index in [0.29, 0.717) is 6.42 Å². The van der Waals surface area contributed by atoms with Crippen molar-refractivity contribution in [3.63, 3.8) is 0 Å². The molecule has 5 nitrogen and oxygen atoms in total. The van der Waals surface area contributed by atoms with Gasteiger partial charge in [-0.25, -0.2) is 9.37 Å². The first-order valence-corrected chi connectivity index (χ1v) is 8.78. The number of amides is 1. The SMILES string of the molecule is CN1CCN(C(=O)Cc2c[nH]c3ncc(-c4cccc(F)c4)cc23)CC1. The van der Waals surface area contributed by atoms with Crippen LogP contribution in [0.4, 0.5) is 4.39 Å². The zero-order valence-electron chi connectivity index (χ0n) is 14.7. The monoisotopic (exact) mass is 352 g/mol. The minimum absolute atomic E-state index is 0.134. The fraction of sp³-hybridized carbons (Fsp3) is 0.300. The number of nitrogens with one attached hydrogen (secondary N) is 1. The van der Waals surface area contributed by atoms with Crippen LogP contribution in [-0.4, -0.2) is 58.9 Å². The minimum atomic E-state index is -0.276. The molecule has 1 saturated heterocycles. The van der Waals surface area contributed by atoms with Crippen molar-refractivity contribution in [3.05, 3.63) is 54.1 Å². The summed E-state index contributed by atoms with van der Waals surface area (Å²) < 4.78 is 13.5. The third kappa shape index (κ3) is 3.32. The molecule has 0 aliphatic carbocycles. The van der Waals surface area contributed by atoms with E-state index in [1.807, 2.05) is 23.2 Å². The number of nitrogens with zero attached hydrogens (tertiary/aromatic N) is 3. The first-order valence-electron chi connectivity index (χ1n) is 8.78. The highest BCUT2D eigenvalue weighted by molar-refractivity contribution is 5.89. The number of halogens is 1. The number of rotatable bonds is 3. The average Bonchev–Trinajstić information content (AvgIpc) is 3.04. The summed E-state index contributed by atoms with van der Waals surface area (Å²) in [5, 5.41) is 0.911. The number of carbonyl (C=O) groups excluding carboxylic acids is 1. The lowest BCUT2D eigenvalue weighted by Crippen LogP contribution is -2.47. The van der Waals surface area contributed by atoms with Crippen LogP contribution in [0.3, 0.4) is 0 Å². The van der Waals surface area contributed by atoms with Crippen LogP contribution >= 0.6 is 0 Å². The minimum Gasteiger partial charge on any atom is -0.346 e. The molecule has 1 amide bonds. The molecule has 1 aliphatic heterocycles. The molecule has 0 bridgehead atoms. The lowest BCUT2D eigenvalue weighted by atomic mass is 10.0. The number of benzene rings is 1. The Morgan fingerprint density at radius 2 is 2.00 bits per heavy atom. The normalized spacial score (nSPS) is 15.5. The van der Waals surface area contributed by atoms with E-state index >= 15 is 0 Å². The van der Waals surface area contributed by atoms with Crippen molar-refractivity contribution in [2.24, 2.45) is 0 Å². The van der Waals surface area contributed by atoms with Crippen molar-refractivity contribution in [1.82, 2.24) is 19.8 Å². The van der Waals surface area contributed by atoms with E-state index in [2.05, 4.69) is 21.9 Å². The Hall–Kier alpha value is -2.73. The highest BCUT2D eigenvalue weighted by atomic mass is 19.1. The number of aromatic amines is 1. The lowest BCUT2D eigenvalue weighted by molar-refractivity contribution is -0.132. The highest BCUT2D eigenvalue weighted by Gasteiger charge is 2.20. The van der Waals surface area contributed by atoms with E-state index in [1.165, 1.54) is 12.1 Å². The molecule has 2 aromatic heterocycles. The van der Waals surface area contributed by atoms with E-state index in [0.717, 1.165) is 53.9 Å². The van der Waals surface area contributed by atoms with E-state index in [-0.39, 0.29) is 11.7 Å². The maximum atomic E-state index is 13.5.